The van der Waals surface area contributed by atoms with Crippen LogP contribution >= 0.6 is 0 Å². The molecule has 0 saturated carbocycles. The van der Waals surface area contributed by atoms with E-state index in [0.717, 1.165) is 39.1 Å². The zero-order valence-corrected chi connectivity index (χ0v) is 16.1. The van der Waals surface area contributed by atoms with Crippen LogP contribution < -0.4 is 5.32 Å². The highest BCUT2D eigenvalue weighted by molar-refractivity contribution is 5.90. The van der Waals surface area contributed by atoms with Gasteiger partial charge < -0.3 is 14.6 Å². The van der Waals surface area contributed by atoms with E-state index < -0.39 is 0 Å². The molecule has 4 rings (SSSR count). The van der Waals surface area contributed by atoms with Crippen LogP contribution in [0.2, 0.25) is 0 Å². The van der Waals surface area contributed by atoms with Gasteiger partial charge in [0.2, 0.25) is 0 Å². The van der Waals surface area contributed by atoms with E-state index in [4.69, 9.17) is 4.74 Å². The Kier molecular flexibility index (Phi) is 5.02. The van der Waals surface area contributed by atoms with Crippen molar-refractivity contribution in [1.29, 1.82) is 0 Å². The number of nitrogens with zero attached hydrogens (tertiary/aromatic N) is 3. The van der Waals surface area contributed by atoms with Crippen molar-refractivity contribution in [2.75, 3.05) is 26.2 Å². The number of ether oxygens (including phenoxy) is 1. The molecular weight excluding hydrogens is 340 g/mol. The molecule has 2 aliphatic heterocycles. The third-order valence-electron chi connectivity index (χ3n) is 5.87. The van der Waals surface area contributed by atoms with Crippen molar-refractivity contribution >= 4 is 5.91 Å². The topological polar surface area (TPSA) is 59.4 Å². The molecule has 3 heterocycles. The molecule has 1 N–H and O–H groups in total. The van der Waals surface area contributed by atoms with E-state index in [0.29, 0.717) is 18.3 Å². The number of carbonyl (C=O) groups excluding carboxylic acids is 1. The number of aromatic nitrogens is 2. The van der Waals surface area contributed by atoms with Gasteiger partial charge >= 0.3 is 0 Å². The monoisotopic (exact) mass is 368 g/mol. The summed E-state index contributed by atoms with van der Waals surface area (Å²) >= 11 is 0. The summed E-state index contributed by atoms with van der Waals surface area (Å²) in [6, 6.07) is 8.71. The zero-order valence-electron chi connectivity index (χ0n) is 16.1. The Morgan fingerprint density at radius 2 is 2.26 bits per heavy atom. The van der Waals surface area contributed by atoms with Crippen LogP contribution in [0.1, 0.15) is 34.6 Å². The first-order valence-corrected chi connectivity index (χ1v) is 9.73. The fourth-order valence-electron chi connectivity index (χ4n) is 4.46. The molecule has 2 aromatic rings. The molecule has 1 amide bonds. The van der Waals surface area contributed by atoms with Gasteiger partial charge in [-0.2, -0.15) is 0 Å². The highest BCUT2D eigenvalue weighted by Crippen LogP contribution is 2.42. The predicted octanol–water partition coefficient (Wildman–Crippen LogP) is 2.14. The van der Waals surface area contributed by atoms with Gasteiger partial charge in [-0.3, -0.25) is 9.69 Å². The molecule has 0 bridgehead atoms. The molecule has 0 unspecified atom stereocenters. The number of likely N-dealkylation sites (tertiary alicyclic amines) is 1. The highest BCUT2D eigenvalue weighted by atomic mass is 16.5. The van der Waals surface area contributed by atoms with Crippen molar-refractivity contribution in [3.8, 4) is 0 Å². The van der Waals surface area contributed by atoms with Crippen LogP contribution in [0, 0.1) is 12.8 Å². The predicted molar refractivity (Wildman–Crippen MR) is 103 cm³/mol. The van der Waals surface area contributed by atoms with Crippen LogP contribution in [0.3, 0.4) is 0 Å². The van der Waals surface area contributed by atoms with Gasteiger partial charge in [0.1, 0.15) is 0 Å². The standard InChI is InChI=1S/C21H28N4O2/c1-16-4-3-5-17(12-16)13-25-14-21(15-25)18(7-11-27-21)6-8-23-20(26)19-22-9-10-24(19)2/h3-5,9-10,12,18H,6-8,11,13-15H2,1-2H3,(H,23,26)/t18-/m0/s1. The smallest absolute Gasteiger partial charge is 0.287 e. The number of benzene rings is 1. The molecule has 1 aromatic heterocycles. The quantitative estimate of drug-likeness (QED) is 0.849. The van der Waals surface area contributed by atoms with E-state index in [-0.39, 0.29) is 11.5 Å². The molecule has 6 nitrogen and oxygen atoms in total. The summed E-state index contributed by atoms with van der Waals surface area (Å²) in [5.74, 6) is 0.860. The Morgan fingerprint density at radius 1 is 1.41 bits per heavy atom. The van der Waals surface area contributed by atoms with Crippen LogP contribution in [0.15, 0.2) is 36.7 Å². The lowest BCUT2D eigenvalue weighted by Gasteiger charge is -2.50. The largest absolute Gasteiger partial charge is 0.372 e. The Hall–Kier alpha value is -2.18. The molecular formula is C21H28N4O2. The van der Waals surface area contributed by atoms with Crippen molar-refractivity contribution in [2.24, 2.45) is 13.0 Å². The SMILES string of the molecule is Cc1cccc(CN2CC3(C2)OCC[C@@H]3CCNC(=O)c2nccn2C)c1. The van der Waals surface area contributed by atoms with Gasteiger partial charge in [0.15, 0.2) is 5.82 Å². The number of aryl methyl sites for hydroxylation is 2. The molecule has 6 heteroatoms. The maximum Gasteiger partial charge on any atom is 0.287 e. The maximum absolute atomic E-state index is 12.2. The van der Waals surface area contributed by atoms with E-state index in [1.54, 1.807) is 17.0 Å². The number of hydrogen-bond acceptors (Lipinski definition) is 4. The minimum absolute atomic E-state index is 0.0161. The molecule has 2 saturated heterocycles. The number of carbonyl (C=O) groups is 1. The number of hydrogen-bond donors (Lipinski definition) is 1. The fraction of sp³-hybridized carbons (Fsp3) is 0.524. The summed E-state index contributed by atoms with van der Waals surface area (Å²) in [6.45, 7) is 6.58. The second-order valence-electron chi connectivity index (χ2n) is 7.94. The van der Waals surface area contributed by atoms with Crippen molar-refractivity contribution in [2.45, 2.75) is 31.9 Å². The third kappa shape index (κ3) is 3.77. The molecule has 0 aliphatic carbocycles. The van der Waals surface area contributed by atoms with E-state index in [2.05, 4.69) is 46.4 Å². The highest BCUT2D eigenvalue weighted by Gasteiger charge is 2.52. The van der Waals surface area contributed by atoms with Crippen LogP contribution in [-0.2, 0) is 18.3 Å². The van der Waals surface area contributed by atoms with Gasteiger partial charge in [-0.05, 0) is 31.2 Å². The first kappa shape index (κ1) is 18.2. The lowest BCUT2D eigenvalue weighted by molar-refractivity contribution is -0.136. The molecule has 2 aliphatic rings. The van der Waals surface area contributed by atoms with Crippen molar-refractivity contribution in [1.82, 2.24) is 19.8 Å². The number of imidazole rings is 1. The van der Waals surface area contributed by atoms with Gasteiger partial charge in [-0.1, -0.05) is 29.8 Å². The second kappa shape index (κ2) is 7.44. The summed E-state index contributed by atoms with van der Waals surface area (Å²) in [5.41, 5.74) is 2.65. The Morgan fingerprint density at radius 3 is 3.00 bits per heavy atom. The maximum atomic E-state index is 12.2. The molecule has 0 radical (unpaired) electrons. The zero-order chi connectivity index (χ0) is 18.9. The summed E-state index contributed by atoms with van der Waals surface area (Å²) in [5, 5.41) is 3.00. The van der Waals surface area contributed by atoms with Crippen molar-refractivity contribution < 1.29 is 9.53 Å². The minimum atomic E-state index is -0.106. The fourth-order valence-corrected chi connectivity index (χ4v) is 4.46. The Bertz CT molecular complexity index is 810. The van der Waals surface area contributed by atoms with Gasteiger partial charge in [0, 0.05) is 52.2 Å². The summed E-state index contributed by atoms with van der Waals surface area (Å²) in [6.07, 6.45) is 5.46. The summed E-state index contributed by atoms with van der Waals surface area (Å²) in [7, 11) is 1.83. The van der Waals surface area contributed by atoms with Gasteiger partial charge in [-0.25, -0.2) is 4.98 Å². The number of amides is 1. The average molecular weight is 368 g/mol. The van der Waals surface area contributed by atoms with Crippen LogP contribution in [0.4, 0.5) is 0 Å². The molecule has 27 heavy (non-hydrogen) atoms. The Labute approximate surface area is 160 Å². The summed E-state index contributed by atoms with van der Waals surface area (Å²) in [4.78, 5) is 18.7. The average Bonchev–Trinajstić information content (AvgIpc) is 3.21. The van der Waals surface area contributed by atoms with E-state index in [1.807, 2.05) is 7.05 Å². The molecule has 1 atom stereocenters. The molecule has 2 fully saturated rings. The number of nitrogens with one attached hydrogen (secondary N) is 1. The van der Waals surface area contributed by atoms with Crippen LogP contribution in [0.5, 0.6) is 0 Å². The summed E-state index contributed by atoms with van der Waals surface area (Å²) < 4.78 is 7.90. The molecule has 144 valence electrons. The second-order valence-corrected chi connectivity index (χ2v) is 7.94. The normalized spacial score (nSPS) is 21.3. The van der Waals surface area contributed by atoms with E-state index in [1.165, 1.54) is 11.1 Å². The molecule has 1 aromatic carbocycles. The van der Waals surface area contributed by atoms with Crippen molar-refractivity contribution in [3.63, 3.8) is 0 Å². The lowest BCUT2D eigenvalue weighted by Crippen LogP contribution is -2.64. The first-order chi connectivity index (χ1) is 13.1. The van der Waals surface area contributed by atoms with Gasteiger partial charge in [-0.15, -0.1) is 0 Å². The first-order valence-electron chi connectivity index (χ1n) is 9.73. The van der Waals surface area contributed by atoms with Gasteiger partial charge in [0.25, 0.3) is 5.91 Å². The lowest BCUT2D eigenvalue weighted by atomic mass is 9.78. The van der Waals surface area contributed by atoms with E-state index >= 15 is 0 Å². The van der Waals surface area contributed by atoms with Gasteiger partial charge in [0.05, 0.1) is 5.60 Å². The van der Waals surface area contributed by atoms with Crippen LogP contribution in [0.25, 0.3) is 0 Å². The van der Waals surface area contributed by atoms with Crippen molar-refractivity contribution in [3.05, 3.63) is 53.6 Å². The minimum Gasteiger partial charge on any atom is -0.372 e. The third-order valence-corrected chi connectivity index (χ3v) is 5.87. The Balaban J connectivity index is 1.26. The van der Waals surface area contributed by atoms with Crippen LogP contribution in [-0.4, -0.2) is 52.2 Å². The molecule has 1 spiro atoms. The number of rotatable bonds is 6. The van der Waals surface area contributed by atoms with E-state index in [9.17, 15) is 4.79 Å².